The van der Waals surface area contributed by atoms with E-state index in [1.807, 2.05) is 6.07 Å². The number of sulfone groups is 1. The lowest BCUT2D eigenvalue weighted by Crippen LogP contribution is -2.26. The molecule has 0 aliphatic heterocycles. The quantitative estimate of drug-likeness (QED) is 0.624. The smallest absolute Gasteiger partial charge is 0.326 e. The lowest BCUT2D eigenvalue weighted by Gasteiger charge is -2.19. The highest BCUT2D eigenvalue weighted by Gasteiger charge is 2.21. The van der Waals surface area contributed by atoms with E-state index in [2.05, 4.69) is 9.97 Å². The fraction of sp³-hybridized carbons (Fsp3) is 0.350. The van der Waals surface area contributed by atoms with Gasteiger partial charge < -0.3 is 9.30 Å². The van der Waals surface area contributed by atoms with Crippen molar-refractivity contribution in [3.8, 4) is 11.1 Å². The molecule has 0 saturated carbocycles. The van der Waals surface area contributed by atoms with Gasteiger partial charge in [-0.15, -0.1) is 0 Å². The number of carbonyl (C=O) groups excluding carboxylic acids is 1. The molecule has 0 bridgehead atoms. The molecule has 0 aliphatic carbocycles. The van der Waals surface area contributed by atoms with Crippen molar-refractivity contribution in [3.05, 3.63) is 42.6 Å². The van der Waals surface area contributed by atoms with Crippen molar-refractivity contribution >= 4 is 26.7 Å². The van der Waals surface area contributed by atoms with Crippen molar-refractivity contribution in [2.75, 3.05) is 6.26 Å². The molecule has 3 rings (SSSR count). The summed E-state index contributed by atoms with van der Waals surface area (Å²) < 4.78 is 31.6. The van der Waals surface area contributed by atoms with Crippen molar-refractivity contribution in [3.63, 3.8) is 0 Å². The highest BCUT2D eigenvalue weighted by Crippen LogP contribution is 2.30. The number of esters is 1. The lowest BCUT2D eigenvalue weighted by atomic mass is 10.1. The fourth-order valence-corrected chi connectivity index (χ4v) is 3.81. The molecule has 0 aliphatic rings. The Morgan fingerprint density at radius 2 is 1.79 bits per heavy atom. The van der Waals surface area contributed by atoms with E-state index >= 15 is 0 Å². The van der Waals surface area contributed by atoms with Crippen LogP contribution in [0.1, 0.15) is 26.6 Å². The molecule has 2 aromatic heterocycles. The predicted molar refractivity (Wildman–Crippen MR) is 107 cm³/mol. The van der Waals surface area contributed by atoms with Crippen molar-refractivity contribution < 1.29 is 17.9 Å². The second kappa shape index (κ2) is 7.01. The van der Waals surface area contributed by atoms with E-state index in [1.54, 1.807) is 56.8 Å². The van der Waals surface area contributed by atoms with E-state index in [4.69, 9.17) is 4.74 Å². The maximum absolute atomic E-state index is 12.3. The van der Waals surface area contributed by atoms with Gasteiger partial charge in [0, 0.05) is 41.3 Å². The largest absolute Gasteiger partial charge is 0.459 e. The number of carbonyl (C=O) groups is 1. The molecule has 0 N–H and O–H groups in total. The molecule has 0 atom stereocenters. The monoisotopic (exact) mass is 401 g/mol. The van der Waals surface area contributed by atoms with Gasteiger partial charge in [-0.1, -0.05) is 6.07 Å². The summed E-state index contributed by atoms with van der Waals surface area (Å²) in [5.41, 5.74) is 1.61. The first-order valence-electron chi connectivity index (χ1n) is 8.78. The first kappa shape index (κ1) is 20.0. The molecule has 8 heteroatoms. The number of nitrogens with zero attached hydrogens (tertiary/aromatic N) is 3. The molecule has 0 fully saturated rings. The summed E-state index contributed by atoms with van der Waals surface area (Å²) in [6.07, 6.45) is 6.03. The van der Waals surface area contributed by atoms with Gasteiger partial charge in [-0.25, -0.2) is 18.4 Å². The molecule has 28 heavy (non-hydrogen) atoms. The molecular formula is C20H23N3O4S. The van der Waals surface area contributed by atoms with Crippen LogP contribution in [0, 0.1) is 6.92 Å². The molecule has 0 unspecified atom stereocenters. The summed E-state index contributed by atoms with van der Waals surface area (Å²) in [7, 11) is -3.49. The van der Waals surface area contributed by atoms with E-state index in [1.165, 1.54) is 6.20 Å². The van der Waals surface area contributed by atoms with Crippen LogP contribution in [0.15, 0.2) is 41.7 Å². The summed E-state index contributed by atoms with van der Waals surface area (Å²) >= 11 is 0. The van der Waals surface area contributed by atoms with Gasteiger partial charge in [-0.2, -0.15) is 0 Å². The number of hydrogen-bond donors (Lipinski definition) is 0. The molecule has 0 amide bonds. The minimum atomic E-state index is -3.49. The van der Waals surface area contributed by atoms with Gasteiger partial charge in [-0.05, 0) is 45.4 Å². The number of rotatable bonds is 4. The van der Waals surface area contributed by atoms with E-state index in [0.29, 0.717) is 16.7 Å². The SMILES string of the molecule is Cc1ncc(-c2ccc3c(c2)c(S(C)(=O)=O)cn3CC(=O)OC(C)(C)C)cn1. The molecule has 2 heterocycles. The highest BCUT2D eigenvalue weighted by molar-refractivity contribution is 7.91. The highest BCUT2D eigenvalue weighted by atomic mass is 32.2. The zero-order chi connectivity index (χ0) is 20.7. The average molecular weight is 401 g/mol. The van der Waals surface area contributed by atoms with Crippen LogP contribution in [-0.2, 0) is 25.9 Å². The van der Waals surface area contributed by atoms with Crippen LogP contribution < -0.4 is 0 Å². The molecule has 148 valence electrons. The average Bonchev–Trinajstić information content (AvgIpc) is 2.92. The molecule has 0 radical (unpaired) electrons. The van der Waals surface area contributed by atoms with E-state index in [-0.39, 0.29) is 11.4 Å². The minimum absolute atomic E-state index is 0.0731. The number of ether oxygens (including phenoxy) is 1. The molecule has 3 aromatic rings. The summed E-state index contributed by atoms with van der Waals surface area (Å²) in [6.45, 7) is 7.09. The van der Waals surface area contributed by atoms with Gasteiger partial charge in [0.05, 0.1) is 4.90 Å². The van der Waals surface area contributed by atoms with Gasteiger partial charge in [0.1, 0.15) is 18.0 Å². The van der Waals surface area contributed by atoms with Crippen LogP contribution in [0.25, 0.3) is 22.0 Å². The number of aryl methyl sites for hydroxylation is 1. The number of aromatic nitrogens is 3. The summed E-state index contributed by atoms with van der Waals surface area (Å²) in [4.78, 5) is 20.8. The van der Waals surface area contributed by atoms with Crippen LogP contribution in [0.5, 0.6) is 0 Å². The zero-order valence-electron chi connectivity index (χ0n) is 16.6. The Balaban J connectivity index is 2.09. The van der Waals surface area contributed by atoms with Crippen molar-refractivity contribution in [2.24, 2.45) is 0 Å². The van der Waals surface area contributed by atoms with Crippen molar-refractivity contribution in [1.29, 1.82) is 0 Å². The normalized spacial score (nSPS) is 12.3. The maximum Gasteiger partial charge on any atom is 0.326 e. The Kier molecular flexibility index (Phi) is 5.01. The van der Waals surface area contributed by atoms with Crippen molar-refractivity contribution in [1.82, 2.24) is 14.5 Å². The third kappa shape index (κ3) is 4.39. The standard InChI is InChI=1S/C20H23N3O4S/c1-13-21-9-15(10-22-13)14-6-7-17-16(8-14)18(28(5,25)26)11-23(17)12-19(24)27-20(2,3)4/h6-11H,12H2,1-5H3. The van der Waals surface area contributed by atoms with E-state index in [9.17, 15) is 13.2 Å². The topological polar surface area (TPSA) is 91.2 Å². The maximum atomic E-state index is 12.3. The van der Waals surface area contributed by atoms with E-state index < -0.39 is 21.4 Å². The predicted octanol–water partition coefficient (Wildman–Crippen LogP) is 3.15. The third-order valence-electron chi connectivity index (χ3n) is 4.08. The van der Waals surface area contributed by atoms with Crippen LogP contribution >= 0.6 is 0 Å². The molecule has 1 aromatic carbocycles. The van der Waals surface area contributed by atoms with Gasteiger partial charge in [0.2, 0.25) is 0 Å². The summed E-state index contributed by atoms with van der Waals surface area (Å²) in [6, 6.07) is 5.43. The van der Waals surface area contributed by atoms with Crippen molar-refractivity contribution in [2.45, 2.75) is 44.7 Å². The van der Waals surface area contributed by atoms with Crippen LogP contribution in [0.4, 0.5) is 0 Å². The summed E-state index contributed by atoms with van der Waals surface area (Å²) in [5, 5.41) is 0.545. The Morgan fingerprint density at radius 3 is 2.36 bits per heavy atom. The molecule has 0 spiro atoms. The first-order valence-corrected chi connectivity index (χ1v) is 10.7. The number of benzene rings is 1. The molecular weight excluding hydrogens is 378 g/mol. The zero-order valence-corrected chi connectivity index (χ0v) is 17.4. The molecule has 0 saturated heterocycles. The number of hydrogen-bond acceptors (Lipinski definition) is 6. The van der Waals surface area contributed by atoms with Gasteiger partial charge in [-0.3, -0.25) is 4.79 Å². The Morgan fingerprint density at radius 1 is 1.14 bits per heavy atom. The van der Waals surface area contributed by atoms with Gasteiger partial charge >= 0.3 is 5.97 Å². The van der Waals surface area contributed by atoms with Crippen LogP contribution in [-0.4, -0.2) is 40.8 Å². The number of fused-ring (bicyclic) bond motifs is 1. The Labute approximate surface area is 164 Å². The second-order valence-corrected chi connectivity index (χ2v) is 9.71. The van der Waals surface area contributed by atoms with Gasteiger partial charge in [0.25, 0.3) is 0 Å². The summed E-state index contributed by atoms with van der Waals surface area (Å²) in [5.74, 6) is 0.227. The van der Waals surface area contributed by atoms with Gasteiger partial charge in [0.15, 0.2) is 9.84 Å². The van der Waals surface area contributed by atoms with Crippen LogP contribution in [0.2, 0.25) is 0 Å². The second-order valence-electron chi connectivity index (χ2n) is 7.73. The fourth-order valence-electron chi connectivity index (χ4n) is 2.92. The van der Waals surface area contributed by atoms with E-state index in [0.717, 1.165) is 17.4 Å². The lowest BCUT2D eigenvalue weighted by molar-refractivity contribution is -0.155. The third-order valence-corrected chi connectivity index (χ3v) is 5.20. The molecule has 7 nitrogen and oxygen atoms in total. The minimum Gasteiger partial charge on any atom is -0.459 e. The Hall–Kier alpha value is -2.74. The Bertz CT molecular complexity index is 1140. The first-order chi connectivity index (χ1) is 12.9. The van der Waals surface area contributed by atoms with Crippen LogP contribution in [0.3, 0.4) is 0 Å².